The first kappa shape index (κ1) is 21.8. The van der Waals surface area contributed by atoms with E-state index in [1.807, 2.05) is 24.3 Å². The van der Waals surface area contributed by atoms with Gasteiger partial charge in [-0.1, -0.05) is 52.7 Å². The molecular formula is C24H31N3O3. The zero-order valence-corrected chi connectivity index (χ0v) is 18.1. The van der Waals surface area contributed by atoms with Crippen molar-refractivity contribution in [3.05, 3.63) is 63.7 Å². The molecule has 0 heterocycles. The number of nitro groups is 1. The second-order valence-corrected chi connectivity index (χ2v) is 8.74. The van der Waals surface area contributed by atoms with Gasteiger partial charge >= 0.3 is 0 Å². The van der Waals surface area contributed by atoms with Crippen LogP contribution in [0.2, 0.25) is 0 Å². The molecule has 0 unspecified atom stereocenters. The summed E-state index contributed by atoms with van der Waals surface area (Å²) in [7, 11) is 0. The Labute approximate surface area is 178 Å². The van der Waals surface area contributed by atoms with Crippen LogP contribution in [0.25, 0.3) is 0 Å². The van der Waals surface area contributed by atoms with Crippen LogP contribution >= 0.6 is 0 Å². The van der Waals surface area contributed by atoms with Crippen LogP contribution in [-0.4, -0.2) is 16.9 Å². The topological polar surface area (TPSA) is 84.3 Å². The standard InChI is InChI=1S/C24H31N3O3/c1-15(2)18-8-11-20(12-9-18)25-24(28)19-10-13-22(23(14-19)27(29)30)26-21-7-5-6-16(3)17(21)4/h8-17,21,26H,5-7H2,1-4H3,(H,25,28)/t16-,17+,21+/m0/s1. The van der Waals surface area contributed by atoms with E-state index < -0.39 is 4.92 Å². The lowest BCUT2D eigenvalue weighted by Gasteiger charge is -2.35. The third-order valence-corrected chi connectivity index (χ3v) is 6.34. The van der Waals surface area contributed by atoms with E-state index in [1.165, 1.54) is 18.1 Å². The van der Waals surface area contributed by atoms with Gasteiger partial charge in [-0.25, -0.2) is 0 Å². The van der Waals surface area contributed by atoms with Crippen molar-refractivity contribution in [2.45, 2.75) is 58.9 Å². The summed E-state index contributed by atoms with van der Waals surface area (Å²) in [6, 6.07) is 12.5. The quantitative estimate of drug-likeness (QED) is 0.439. The van der Waals surface area contributed by atoms with Crippen molar-refractivity contribution in [3.8, 4) is 0 Å². The molecule has 0 radical (unpaired) electrons. The molecule has 0 aromatic heterocycles. The van der Waals surface area contributed by atoms with Crippen molar-refractivity contribution >= 4 is 23.0 Å². The zero-order valence-electron chi connectivity index (χ0n) is 18.1. The second-order valence-electron chi connectivity index (χ2n) is 8.74. The fourth-order valence-electron chi connectivity index (χ4n) is 4.09. The van der Waals surface area contributed by atoms with Gasteiger partial charge in [0.05, 0.1) is 4.92 Å². The molecule has 2 N–H and O–H groups in total. The highest BCUT2D eigenvalue weighted by Gasteiger charge is 2.29. The number of anilines is 2. The smallest absolute Gasteiger partial charge is 0.293 e. The molecule has 0 saturated heterocycles. The predicted octanol–water partition coefficient (Wildman–Crippen LogP) is 6.21. The summed E-state index contributed by atoms with van der Waals surface area (Å²) in [4.78, 5) is 23.9. The number of hydrogen-bond donors (Lipinski definition) is 2. The van der Waals surface area contributed by atoms with E-state index in [9.17, 15) is 14.9 Å². The van der Waals surface area contributed by atoms with Crippen LogP contribution in [0.3, 0.4) is 0 Å². The van der Waals surface area contributed by atoms with Crippen LogP contribution < -0.4 is 10.6 Å². The molecule has 1 amide bonds. The highest BCUT2D eigenvalue weighted by molar-refractivity contribution is 6.05. The second kappa shape index (κ2) is 9.28. The molecule has 0 aliphatic heterocycles. The Balaban J connectivity index is 1.77. The number of nitrogens with zero attached hydrogens (tertiary/aromatic N) is 1. The Hall–Kier alpha value is -2.89. The summed E-state index contributed by atoms with van der Waals surface area (Å²) in [5.41, 5.74) is 2.53. The molecule has 2 aromatic carbocycles. The largest absolute Gasteiger partial charge is 0.376 e. The van der Waals surface area contributed by atoms with E-state index in [-0.39, 0.29) is 23.2 Å². The number of nitro benzene ring substituents is 1. The van der Waals surface area contributed by atoms with Gasteiger partial charge in [-0.15, -0.1) is 0 Å². The molecule has 30 heavy (non-hydrogen) atoms. The third-order valence-electron chi connectivity index (χ3n) is 6.34. The molecule has 1 aliphatic rings. The van der Waals surface area contributed by atoms with Gasteiger partial charge in [0.1, 0.15) is 5.69 Å². The summed E-state index contributed by atoms with van der Waals surface area (Å²) in [6.45, 7) is 8.64. The molecule has 2 aromatic rings. The van der Waals surface area contributed by atoms with E-state index in [4.69, 9.17) is 0 Å². The van der Waals surface area contributed by atoms with Crippen molar-refractivity contribution in [2.75, 3.05) is 10.6 Å². The van der Waals surface area contributed by atoms with Crippen LogP contribution in [0, 0.1) is 22.0 Å². The Morgan fingerprint density at radius 1 is 1.10 bits per heavy atom. The number of benzene rings is 2. The number of carbonyl (C=O) groups is 1. The summed E-state index contributed by atoms with van der Waals surface area (Å²) in [5, 5.41) is 17.9. The van der Waals surface area contributed by atoms with Gasteiger partial charge in [0, 0.05) is 23.4 Å². The normalized spacial score (nSPS) is 21.3. The Bertz CT molecular complexity index is 908. The molecule has 160 valence electrons. The van der Waals surface area contributed by atoms with E-state index in [0.29, 0.717) is 29.1 Å². The van der Waals surface area contributed by atoms with Gasteiger partial charge in [-0.2, -0.15) is 0 Å². The van der Waals surface area contributed by atoms with E-state index in [2.05, 4.69) is 38.3 Å². The molecule has 6 nitrogen and oxygen atoms in total. The predicted molar refractivity (Wildman–Crippen MR) is 121 cm³/mol. The Morgan fingerprint density at radius 3 is 2.43 bits per heavy atom. The average Bonchev–Trinajstić information content (AvgIpc) is 2.71. The SMILES string of the molecule is CC(C)c1ccc(NC(=O)c2ccc(N[C@@H]3CCC[C@H](C)[C@H]3C)c([N+](=O)[O-])c2)cc1. The average molecular weight is 410 g/mol. The van der Waals surface area contributed by atoms with Crippen molar-refractivity contribution in [2.24, 2.45) is 11.8 Å². The van der Waals surface area contributed by atoms with Crippen molar-refractivity contribution < 1.29 is 9.72 Å². The lowest BCUT2D eigenvalue weighted by atomic mass is 9.78. The highest BCUT2D eigenvalue weighted by Crippen LogP contribution is 2.34. The molecule has 3 atom stereocenters. The minimum Gasteiger partial charge on any atom is -0.376 e. The molecule has 0 bridgehead atoms. The van der Waals surface area contributed by atoms with E-state index in [0.717, 1.165) is 12.8 Å². The van der Waals surface area contributed by atoms with Gasteiger partial charge in [-0.05, 0) is 54.0 Å². The molecule has 3 rings (SSSR count). The summed E-state index contributed by atoms with van der Waals surface area (Å²) in [5.74, 6) is 1.08. The van der Waals surface area contributed by atoms with Gasteiger partial charge in [-0.3, -0.25) is 14.9 Å². The lowest BCUT2D eigenvalue weighted by Crippen LogP contribution is -2.35. The zero-order chi connectivity index (χ0) is 21.8. The maximum absolute atomic E-state index is 12.6. The first-order chi connectivity index (χ1) is 14.3. The highest BCUT2D eigenvalue weighted by atomic mass is 16.6. The molecule has 1 aliphatic carbocycles. The van der Waals surface area contributed by atoms with Crippen LogP contribution in [0.4, 0.5) is 17.1 Å². The van der Waals surface area contributed by atoms with Gasteiger partial charge < -0.3 is 10.6 Å². The number of carbonyl (C=O) groups excluding carboxylic acids is 1. The minimum atomic E-state index is -0.423. The summed E-state index contributed by atoms with van der Waals surface area (Å²) in [6.07, 6.45) is 3.31. The number of hydrogen-bond acceptors (Lipinski definition) is 4. The van der Waals surface area contributed by atoms with E-state index >= 15 is 0 Å². The van der Waals surface area contributed by atoms with Crippen LogP contribution in [0.1, 0.15) is 68.8 Å². The van der Waals surface area contributed by atoms with Crippen molar-refractivity contribution in [1.29, 1.82) is 0 Å². The number of nitrogens with one attached hydrogen (secondary N) is 2. The number of amides is 1. The first-order valence-corrected chi connectivity index (χ1v) is 10.7. The molecule has 6 heteroatoms. The fraction of sp³-hybridized carbons (Fsp3) is 0.458. The minimum absolute atomic E-state index is 0.0665. The van der Waals surface area contributed by atoms with Gasteiger partial charge in [0.15, 0.2) is 0 Å². The summed E-state index contributed by atoms with van der Waals surface area (Å²) < 4.78 is 0. The lowest BCUT2D eigenvalue weighted by molar-refractivity contribution is -0.384. The fourth-order valence-corrected chi connectivity index (χ4v) is 4.09. The van der Waals surface area contributed by atoms with Crippen molar-refractivity contribution in [1.82, 2.24) is 0 Å². The van der Waals surface area contributed by atoms with Crippen LogP contribution in [0.5, 0.6) is 0 Å². The monoisotopic (exact) mass is 409 g/mol. The maximum atomic E-state index is 12.6. The van der Waals surface area contributed by atoms with E-state index in [1.54, 1.807) is 12.1 Å². The third kappa shape index (κ3) is 4.99. The molecule has 1 saturated carbocycles. The van der Waals surface area contributed by atoms with Crippen LogP contribution in [-0.2, 0) is 0 Å². The molecule has 1 fully saturated rings. The summed E-state index contributed by atoms with van der Waals surface area (Å²) >= 11 is 0. The van der Waals surface area contributed by atoms with Gasteiger partial charge in [0.2, 0.25) is 0 Å². The Morgan fingerprint density at radius 2 is 1.80 bits per heavy atom. The first-order valence-electron chi connectivity index (χ1n) is 10.7. The van der Waals surface area contributed by atoms with Gasteiger partial charge in [0.25, 0.3) is 11.6 Å². The molecule has 0 spiro atoms. The van der Waals surface area contributed by atoms with Crippen LogP contribution in [0.15, 0.2) is 42.5 Å². The maximum Gasteiger partial charge on any atom is 0.293 e. The molecular weight excluding hydrogens is 378 g/mol. The van der Waals surface area contributed by atoms with Crippen molar-refractivity contribution in [3.63, 3.8) is 0 Å². The Kier molecular flexibility index (Phi) is 6.75. The number of rotatable bonds is 6.